The molecule has 0 atom stereocenters. The summed E-state index contributed by atoms with van der Waals surface area (Å²) in [5.74, 6) is 0.371. The van der Waals surface area contributed by atoms with Crippen molar-refractivity contribution < 1.29 is 19.2 Å². The summed E-state index contributed by atoms with van der Waals surface area (Å²) in [5.41, 5.74) is 1.45. The predicted molar refractivity (Wildman–Crippen MR) is 96.6 cm³/mol. The second-order valence-electron chi connectivity index (χ2n) is 7.42. The number of rotatable bonds is 7. The molecule has 0 aliphatic carbocycles. The van der Waals surface area contributed by atoms with Crippen molar-refractivity contribution in [3.8, 4) is 0 Å². The molecule has 0 bridgehead atoms. The molecule has 2 heterocycles. The van der Waals surface area contributed by atoms with Gasteiger partial charge in [-0.2, -0.15) is 0 Å². The molecule has 26 heavy (non-hydrogen) atoms. The molecular weight excluding hydrogens is 334 g/mol. The first-order chi connectivity index (χ1) is 12.3. The number of aliphatic hydroxyl groups is 1. The van der Waals surface area contributed by atoms with E-state index in [1.165, 1.54) is 6.92 Å². The number of carbonyl (C=O) groups excluding carboxylic acids is 1. The molecule has 7 heteroatoms. The number of nitrogens with one attached hydrogen (secondary N) is 2. The standard InChI is InChI=1S/C19H25N3O4/c1-13(23)21-15-6-4-14(5-7-15)10-20-19(11-25-12-19)9-16-8-17(26-22-16)18(2,3)24/h4-8,20,24H,9-12H2,1-3H3,(H,21,23). The highest BCUT2D eigenvalue weighted by Gasteiger charge is 2.39. The predicted octanol–water partition coefficient (Wildman–Crippen LogP) is 1.96. The van der Waals surface area contributed by atoms with Crippen molar-refractivity contribution in [1.82, 2.24) is 10.5 Å². The number of aromatic nitrogens is 1. The normalized spacial score (nSPS) is 16.2. The topological polar surface area (TPSA) is 96.6 Å². The molecule has 1 aromatic heterocycles. The maximum Gasteiger partial charge on any atom is 0.221 e. The first-order valence-corrected chi connectivity index (χ1v) is 8.64. The summed E-state index contributed by atoms with van der Waals surface area (Å²) in [6.45, 7) is 6.71. The number of benzene rings is 1. The van der Waals surface area contributed by atoms with Gasteiger partial charge >= 0.3 is 0 Å². The monoisotopic (exact) mass is 359 g/mol. The lowest BCUT2D eigenvalue weighted by Crippen LogP contribution is -2.61. The summed E-state index contributed by atoms with van der Waals surface area (Å²) < 4.78 is 10.7. The third kappa shape index (κ3) is 4.49. The van der Waals surface area contributed by atoms with Crippen LogP contribution in [0.2, 0.25) is 0 Å². The molecule has 3 N–H and O–H groups in total. The summed E-state index contributed by atoms with van der Waals surface area (Å²) >= 11 is 0. The van der Waals surface area contributed by atoms with Crippen LogP contribution >= 0.6 is 0 Å². The van der Waals surface area contributed by atoms with Gasteiger partial charge in [0.05, 0.1) is 24.4 Å². The fourth-order valence-corrected chi connectivity index (χ4v) is 2.84. The Morgan fingerprint density at radius 3 is 2.50 bits per heavy atom. The van der Waals surface area contributed by atoms with E-state index in [2.05, 4.69) is 15.8 Å². The first kappa shape index (κ1) is 18.6. The molecule has 1 amide bonds. The highest BCUT2D eigenvalue weighted by Crippen LogP contribution is 2.26. The van der Waals surface area contributed by atoms with Crippen molar-refractivity contribution in [2.24, 2.45) is 0 Å². The van der Waals surface area contributed by atoms with E-state index in [9.17, 15) is 9.90 Å². The van der Waals surface area contributed by atoms with Crippen LogP contribution in [0.3, 0.4) is 0 Å². The zero-order valence-electron chi connectivity index (χ0n) is 15.3. The molecule has 140 valence electrons. The van der Waals surface area contributed by atoms with Crippen molar-refractivity contribution in [2.45, 2.75) is 44.9 Å². The molecule has 1 aliphatic heterocycles. The molecule has 2 aromatic rings. The largest absolute Gasteiger partial charge is 0.382 e. The fraction of sp³-hybridized carbons (Fsp3) is 0.474. The van der Waals surface area contributed by atoms with E-state index < -0.39 is 5.60 Å². The summed E-state index contributed by atoms with van der Waals surface area (Å²) in [6.07, 6.45) is 0.663. The van der Waals surface area contributed by atoms with Gasteiger partial charge in [-0.15, -0.1) is 0 Å². The number of ether oxygens (including phenoxy) is 1. The van der Waals surface area contributed by atoms with Gasteiger partial charge in [-0.25, -0.2) is 0 Å². The van der Waals surface area contributed by atoms with Crippen molar-refractivity contribution in [3.63, 3.8) is 0 Å². The maximum absolute atomic E-state index is 11.1. The lowest BCUT2D eigenvalue weighted by molar-refractivity contribution is -0.114. The second kappa shape index (κ2) is 7.19. The Labute approximate surface area is 152 Å². The van der Waals surface area contributed by atoms with Gasteiger partial charge in [-0.05, 0) is 31.5 Å². The Bertz CT molecular complexity index is 758. The zero-order chi connectivity index (χ0) is 18.8. The molecule has 1 aromatic carbocycles. The molecular formula is C19H25N3O4. The molecule has 0 radical (unpaired) electrons. The summed E-state index contributed by atoms with van der Waals surface area (Å²) in [6, 6.07) is 9.52. The number of hydrogen-bond donors (Lipinski definition) is 3. The van der Waals surface area contributed by atoms with Crippen LogP contribution in [0.1, 0.15) is 37.8 Å². The van der Waals surface area contributed by atoms with E-state index in [4.69, 9.17) is 9.26 Å². The van der Waals surface area contributed by atoms with Crippen LogP contribution in [0.25, 0.3) is 0 Å². The Balaban J connectivity index is 1.60. The van der Waals surface area contributed by atoms with Crippen molar-refractivity contribution in [1.29, 1.82) is 0 Å². The minimum absolute atomic E-state index is 0.0838. The quantitative estimate of drug-likeness (QED) is 0.699. The van der Waals surface area contributed by atoms with Gasteiger partial charge in [0.1, 0.15) is 5.60 Å². The van der Waals surface area contributed by atoms with Crippen LogP contribution in [0.4, 0.5) is 5.69 Å². The lowest BCUT2D eigenvalue weighted by Gasteiger charge is -2.42. The maximum atomic E-state index is 11.1. The van der Waals surface area contributed by atoms with Crippen molar-refractivity contribution in [3.05, 3.63) is 47.3 Å². The Kier molecular flexibility index (Phi) is 5.13. The van der Waals surface area contributed by atoms with Crippen LogP contribution in [0.15, 0.2) is 34.9 Å². The van der Waals surface area contributed by atoms with Crippen molar-refractivity contribution in [2.75, 3.05) is 18.5 Å². The van der Waals surface area contributed by atoms with Crippen LogP contribution in [0, 0.1) is 0 Å². The summed E-state index contributed by atoms with van der Waals surface area (Å²) in [7, 11) is 0. The highest BCUT2D eigenvalue weighted by molar-refractivity contribution is 5.88. The minimum Gasteiger partial charge on any atom is -0.382 e. The highest BCUT2D eigenvalue weighted by atomic mass is 16.5. The van der Waals surface area contributed by atoms with E-state index in [-0.39, 0.29) is 11.4 Å². The number of hydrogen-bond acceptors (Lipinski definition) is 6. The number of anilines is 1. The van der Waals surface area contributed by atoms with Gasteiger partial charge in [0.25, 0.3) is 0 Å². The Morgan fingerprint density at radius 2 is 2.00 bits per heavy atom. The van der Waals surface area contributed by atoms with E-state index in [1.807, 2.05) is 24.3 Å². The van der Waals surface area contributed by atoms with Crippen LogP contribution in [-0.4, -0.2) is 34.9 Å². The smallest absolute Gasteiger partial charge is 0.221 e. The molecule has 0 saturated carbocycles. The molecule has 1 fully saturated rings. The molecule has 1 saturated heterocycles. The van der Waals surface area contributed by atoms with Gasteiger partial charge in [0, 0.05) is 31.6 Å². The number of carbonyl (C=O) groups is 1. The van der Waals surface area contributed by atoms with Gasteiger partial charge in [-0.3, -0.25) is 4.79 Å². The number of nitrogens with zero attached hydrogens (tertiary/aromatic N) is 1. The summed E-state index contributed by atoms with van der Waals surface area (Å²) in [5, 5.41) is 20.4. The van der Waals surface area contributed by atoms with Gasteiger partial charge in [-0.1, -0.05) is 17.3 Å². The van der Waals surface area contributed by atoms with Crippen LogP contribution in [0.5, 0.6) is 0 Å². The molecule has 0 unspecified atom stereocenters. The third-order valence-electron chi connectivity index (χ3n) is 4.38. The molecule has 7 nitrogen and oxygen atoms in total. The van der Waals surface area contributed by atoms with Crippen LogP contribution < -0.4 is 10.6 Å². The molecule has 1 aliphatic rings. The van der Waals surface area contributed by atoms with Crippen LogP contribution in [-0.2, 0) is 28.1 Å². The van der Waals surface area contributed by atoms with E-state index >= 15 is 0 Å². The molecule has 0 spiro atoms. The Morgan fingerprint density at radius 1 is 1.31 bits per heavy atom. The van der Waals surface area contributed by atoms with Gasteiger partial charge in [0.2, 0.25) is 5.91 Å². The average molecular weight is 359 g/mol. The lowest BCUT2D eigenvalue weighted by atomic mass is 9.90. The minimum atomic E-state index is -1.04. The zero-order valence-corrected chi connectivity index (χ0v) is 15.3. The van der Waals surface area contributed by atoms with Gasteiger partial charge < -0.3 is 25.0 Å². The SMILES string of the molecule is CC(=O)Nc1ccc(CNC2(Cc3cc(C(C)(C)O)on3)COC2)cc1. The third-order valence-corrected chi connectivity index (χ3v) is 4.38. The summed E-state index contributed by atoms with van der Waals surface area (Å²) in [4.78, 5) is 11.1. The van der Waals surface area contributed by atoms with E-state index in [1.54, 1.807) is 19.9 Å². The van der Waals surface area contributed by atoms with Crippen molar-refractivity contribution >= 4 is 11.6 Å². The van der Waals surface area contributed by atoms with Gasteiger partial charge in [0.15, 0.2) is 5.76 Å². The van der Waals surface area contributed by atoms with E-state index in [0.29, 0.717) is 31.9 Å². The molecule has 3 rings (SSSR count). The Hall–Kier alpha value is -2.22. The second-order valence-corrected chi connectivity index (χ2v) is 7.42. The first-order valence-electron chi connectivity index (χ1n) is 8.64. The van der Waals surface area contributed by atoms with E-state index in [0.717, 1.165) is 16.9 Å². The fourth-order valence-electron chi connectivity index (χ4n) is 2.84. The average Bonchev–Trinajstić information content (AvgIpc) is 2.99. The number of amides is 1.